The van der Waals surface area contributed by atoms with Crippen molar-refractivity contribution in [1.29, 1.82) is 0 Å². The molecular weight excluding hydrogens is 356 g/mol. The van der Waals surface area contributed by atoms with Crippen molar-refractivity contribution in [1.82, 2.24) is 0 Å². The van der Waals surface area contributed by atoms with Gasteiger partial charge in [-0.05, 0) is 43.3 Å². The topological polar surface area (TPSA) is 67.9 Å². The second kappa shape index (κ2) is 7.49. The van der Waals surface area contributed by atoms with Gasteiger partial charge in [0.25, 0.3) is 11.8 Å². The second-order valence-electron chi connectivity index (χ2n) is 5.39. The smallest absolute Gasteiger partial charge is 0.283 e. The minimum absolute atomic E-state index is 0.0214. The Hall–Kier alpha value is -2.99. The molecule has 1 N–H and O–H groups in total. The summed E-state index contributed by atoms with van der Waals surface area (Å²) in [5.41, 5.74) is 0.988. The molecule has 2 aromatic carbocycles. The Morgan fingerprint density at radius 2 is 1.73 bits per heavy atom. The average molecular weight is 373 g/mol. The van der Waals surface area contributed by atoms with Crippen molar-refractivity contribution in [2.45, 2.75) is 6.92 Å². The molecule has 1 heterocycles. The number of amides is 2. The summed E-state index contributed by atoms with van der Waals surface area (Å²) in [4.78, 5) is 26.4. The van der Waals surface area contributed by atoms with Crippen LogP contribution in [0.4, 0.5) is 11.4 Å². The van der Waals surface area contributed by atoms with Crippen molar-refractivity contribution in [3.8, 4) is 11.5 Å². The van der Waals surface area contributed by atoms with E-state index in [9.17, 15) is 9.59 Å². The number of methoxy groups -OCH3 is 1. The molecule has 1 aliphatic heterocycles. The lowest BCUT2D eigenvalue weighted by molar-refractivity contribution is -0.120. The third-order valence-electron chi connectivity index (χ3n) is 3.79. The van der Waals surface area contributed by atoms with E-state index in [1.165, 1.54) is 0 Å². The molecule has 0 radical (unpaired) electrons. The van der Waals surface area contributed by atoms with Gasteiger partial charge in [-0.3, -0.25) is 9.59 Å². The van der Waals surface area contributed by atoms with Gasteiger partial charge in [-0.25, -0.2) is 4.90 Å². The molecule has 7 heteroatoms. The van der Waals surface area contributed by atoms with Crippen LogP contribution in [0.5, 0.6) is 11.5 Å². The molecule has 2 amide bonds. The average Bonchev–Trinajstić information content (AvgIpc) is 2.87. The zero-order valence-electron chi connectivity index (χ0n) is 14.3. The molecule has 0 spiro atoms. The first-order valence-electron chi connectivity index (χ1n) is 7.98. The molecule has 0 saturated heterocycles. The van der Waals surface area contributed by atoms with Crippen LogP contribution in [0.15, 0.2) is 59.3 Å². The van der Waals surface area contributed by atoms with Gasteiger partial charge in [0.2, 0.25) is 0 Å². The Kier molecular flexibility index (Phi) is 5.14. The summed E-state index contributed by atoms with van der Waals surface area (Å²) in [5, 5.41) is 2.74. The van der Waals surface area contributed by atoms with Crippen molar-refractivity contribution in [3.05, 3.63) is 59.3 Å². The molecule has 134 valence electrons. The van der Waals surface area contributed by atoms with Crippen molar-refractivity contribution in [2.24, 2.45) is 0 Å². The maximum absolute atomic E-state index is 12.8. The molecule has 1 aliphatic rings. The molecule has 0 bridgehead atoms. The first-order valence-corrected chi connectivity index (χ1v) is 8.36. The SMILES string of the molecule is CCOc1ccccc1N1C(=O)C(Cl)=C(Nc2ccc(OC)cc2)C1=O. The second-order valence-corrected chi connectivity index (χ2v) is 5.77. The highest BCUT2D eigenvalue weighted by Gasteiger charge is 2.40. The first kappa shape index (κ1) is 17.8. The number of anilines is 2. The molecule has 0 unspecified atom stereocenters. The predicted octanol–water partition coefficient (Wildman–Crippen LogP) is 3.53. The third-order valence-corrected chi connectivity index (χ3v) is 4.14. The van der Waals surface area contributed by atoms with Crippen molar-refractivity contribution in [3.63, 3.8) is 0 Å². The minimum atomic E-state index is -0.597. The number of imide groups is 1. The quantitative estimate of drug-likeness (QED) is 0.786. The van der Waals surface area contributed by atoms with Crippen LogP contribution in [0.2, 0.25) is 0 Å². The lowest BCUT2D eigenvalue weighted by Gasteiger charge is -2.18. The van der Waals surface area contributed by atoms with E-state index in [1.807, 2.05) is 6.92 Å². The number of ether oxygens (including phenoxy) is 2. The number of nitrogens with zero attached hydrogens (tertiary/aromatic N) is 1. The zero-order chi connectivity index (χ0) is 18.7. The Balaban J connectivity index is 1.90. The molecule has 6 nitrogen and oxygen atoms in total. The van der Waals surface area contributed by atoms with E-state index in [0.29, 0.717) is 29.5 Å². The van der Waals surface area contributed by atoms with Crippen LogP contribution < -0.4 is 19.7 Å². The standard InChI is InChI=1S/C19H17ClN2O4/c1-3-26-15-7-5-4-6-14(15)22-18(23)16(20)17(19(22)24)21-12-8-10-13(25-2)11-9-12/h4-11,21H,3H2,1-2H3. The molecular formula is C19H17ClN2O4. The van der Waals surface area contributed by atoms with Crippen LogP contribution >= 0.6 is 11.6 Å². The van der Waals surface area contributed by atoms with E-state index in [1.54, 1.807) is 55.6 Å². The number of benzene rings is 2. The van der Waals surface area contributed by atoms with Crippen LogP contribution in [0.1, 0.15) is 6.92 Å². The Morgan fingerprint density at radius 1 is 1.04 bits per heavy atom. The number of para-hydroxylation sites is 2. The molecule has 0 fully saturated rings. The van der Waals surface area contributed by atoms with E-state index in [4.69, 9.17) is 21.1 Å². The number of nitrogens with one attached hydrogen (secondary N) is 1. The zero-order valence-corrected chi connectivity index (χ0v) is 15.0. The van der Waals surface area contributed by atoms with Crippen LogP contribution in [0.25, 0.3) is 0 Å². The summed E-state index contributed by atoms with van der Waals surface area (Å²) in [6.45, 7) is 2.23. The number of carbonyl (C=O) groups is 2. The van der Waals surface area contributed by atoms with Gasteiger partial charge >= 0.3 is 0 Å². The minimum Gasteiger partial charge on any atom is -0.497 e. The van der Waals surface area contributed by atoms with Gasteiger partial charge in [0.1, 0.15) is 22.2 Å². The largest absolute Gasteiger partial charge is 0.497 e. The lowest BCUT2D eigenvalue weighted by atomic mass is 10.2. The van der Waals surface area contributed by atoms with E-state index < -0.39 is 11.8 Å². The number of rotatable bonds is 6. The van der Waals surface area contributed by atoms with E-state index in [0.717, 1.165) is 4.90 Å². The molecule has 26 heavy (non-hydrogen) atoms. The Morgan fingerprint density at radius 3 is 2.38 bits per heavy atom. The van der Waals surface area contributed by atoms with E-state index in [2.05, 4.69) is 5.32 Å². The lowest BCUT2D eigenvalue weighted by Crippen LogP contribution is -2.32. The number of carbonyl (C=O) groups excluding carboxylic acids is 2. The monoisotopic (exact) mass is 372 g/mol. The van der Waals surface area contributed by atoms with E-state index >= 15 is 0 Å². The first-order chi connectivity index (χ1) is 12.6. The predicted molar refractivity (Wildman–Crippen MR) is 99.6 cm³/mol. The fraction of sp³-hybridized carbons (Fsp3) is 0.158. The maximum Gasteiger partial charge on any atom is 0.283 e. The summed E-state index contributed by atoms with van der Waals surface area (Å²) in [7, 11) is 1.56. The van der Waals surface area contributed by atoms with Crippen LogP contribution in [0.3, 0.4) is 0 Å². The highest BCUT2D eigenvalue weighted by atomic mass is 35.5. The number of halogens is 1. The molecule has 2 aromatic rings. The summed E-state index contributed by atoms with van der Waals surface area (Å²) in [6.07, 6.45) is 0. The van der Waals surface area contributed by atoms with Gasteiger partial charge < -0.3 is 14.8 Å². The summed E-state index contributed by atoms with van der Waals surface area (Å²) in [5.74, 6) is -0.0219. The third kappa shape index (κ3) is 3.23. The maximum atomic E-state index is 12.8. The van der Waals surface area contributed by atoms with Gasteiger partial charge in [0.05, 0.1) is 19.4 Å². The molecule has 3 rings (SSSR count). The summed E-state index contributed by atoms with van der Waals surface area (Å²) in [6, 6.07) is 13.8. The van der Waals surface area contributed by atoms with Gasteiger partial charge in [-0.15, -0.1) is 0 Å². The highest BCUT2D eigenvalue weighted by Crippen LogP contribution is 2.35. The van der Waals surface area contributed by atoms with Gasteiger partial charge in [-0.1, -0.05) is 23.7 Å². The Bertz CT molecular complexity index is 877. The summed E-state index contributed by atoms with van der Waals surface area (Å²) < 4.78 is 10.6. The van der Waals surface area contributed by atoms with Crippen molar-refractivity contribution in [2.75, 3.05) is 23.9 Å². The summed E-state index contributed by atoms with van der Waals surface area (Å²) >= 11 is 6.15. The van der Waals surface area contributed by atoms with Gasteiger partial charge in [0.15, 0.2) is 0 Å². The van der Waals surface area contributed by atoms with Crippen molar-refractivity contribution < 1.29 is 19.1 Å². The van der Waals surface area contributed by atoms with Crippen LogP contribution in [-0.4, -0.2) is 25.5 Å². The van der Waals surface area contributed by atoms with Gasteiger partial charge in [-0.2, -0.15) is 0 Å². The Labute approximate surface area is 156 Å². The molecule has 0 aliphatic carbocycles. The molecule has 0 aromatic heterocycles. The molecule has 0 saturated carbocycles. The van der Waals surface area contributed by atoms with Gasteiger partial charge in [0, 0.05) is 5.69 Å². The fourth-order valence-corrected chi connectivity index (χ4v) is 2.78. The normalized spacial score (nSPS) is 14.0. The van der Waals surface area contributed by atoms with E-state index in [-0.39, 0.29) is 10.7 Å². The van der Waals surface area contributed by atoms with Crippen LogP contribution in [-0.2, 0) is 9.59 Å². The highest BCUT2D eigenvalue weighted by molar-refractivity contribution is 6.53. The number of hydrogen-bond donors (Lipinski definition) is 1. The van der Waals surface area contributed by atoms with Crippen LogP contribution in [0, 0.1) is 0 Å². The fourth-order valence-electron chi connectivity index (χ4n) is 2.57. The van der Waals surface area contributed by atoms with Crippen molar-refractivity contribution >= 4 is 34.8 Å². The number of hydrogen-bond acceptors (Lipinski definition) is 5. The molecule has 0 atom stereocenters.